The first-order valence-electron chi connectivity index (χ1n) is 4.61. The van der Waals surface area contributed by atoms with Crippen LogP contribution in [0.4, 0.5) is 0 Å². The molecule has 1 heterocycles. The van der Waals surface area contributed by atoms with Crippen LogP contribution in [0.3, 0.4) is 0 Å². The highest BCUT2D eigenvalue weighted by atomic mass is 32.1. The quantitative estimate of drug-likeness (QED) is 0.857. The molecule has 0 saturated heterocycles. The number of aliphatic carboxylic acids is 1. The molecule has 76 valence electrons. The Morgan fingerprint density at radius 2 is 2.27 bits per heavy atom. The van der Waals surface area contributed by atoms with Crippen molar-refractivity contribution in [3.63, 3.8) is 0 Å². The molecule has 0 amide bonds. The summed E-state index contributed by atoms with van der Waals surface area (Å²) in [6.07, 6.45) is 3.57. The second kappa shape index (κ2) is 4.28. The summed E-state index contributed by atoms with van der Waals surface area (Å²) in [5.74, 6) is -0.803. The summed E-state index contributed by atoms with van der Waals surface area (Å²) in [5, 5.41) is 11.7. The van der Waals surface area contributed by atoms with E-state index in [9.17, 15) is 4.79 Å². The van der Waals surface area contributed by atoms with E-state index in [1.54, 1.807) is 17.4 Å². The number of thiophene rings is 1. The molecule has 2 nitrogen and oxygen atoms in total. The monoisotopic (exact) mass is 218 g/mol. The second-order valence-corrected chi connectivity index (χ2v) is 4.17. The SMILES string of the molecule is O=C(O)CC=Cc1ccc2sccc2c1. The van der Waals surface area contributed by atoms with Crippen LogP contribution in [0.15, 0.2) is 35.7 Å². The molecule has 2 aromatic rings. The predicted octanol–water partition coefficient (Wildman–Crippen LogP) is 3.39. The zero-order chi connectivity index (χ0) is 10.7. The van der Waals surface area contributed by atoms with Gasteiger partial charge in [0.2, 0.25) is 0 Å². The zero-order valence-corrected chi connectivity index (χ0v) is 8.83. The molecule has 0 bridgehead atoms. The fraction of sp³-hybridized carbons (Fsp3) is 0.0833. The number of rotatable bonds is 3. The van der Waals surface area contributed by atoms with Gasteiger partial charge < -0.3 is 5.11 Å². The van der Waals surface area contributed by atoms with Crippen LogP contribution in [0, 0.1) is 0 Å². The molecule has 1 N–H and O–H groups in total. The first kappa shape index (κ1) is 9.93. The Balaban J connectivity index is 2.21. The van der Waals surface area contributed by atoms with Crippen molar-refractivity contribution in [1.82, 2.24) is 0 Å². The van der Waals surface area contributed by atoms with Gasteiger partial charge in [0.1, 0.15) is 0 Å². The van der Waals surface area contributed by atoms with Crippen LogP contribution in [0.5, 0.6) is 0 Å². The minimum absolute atomic E-state index is 0.0711. The van der Waals surface area contributed by atoms with Gasteiger partial charge >= 0.3 is 5.97 Å². The Labute approximate surface area is 91.5 Å². The van der Waals surface area contributed by atoms with Crippen molar-refractivity contribution in [2.24, 2.45) is 0 Å². The third-order valence-corrected chi connectivity index (χ3v) is 2.98. The van der Waals surface area contributed by atoms with Crippen LogP contribution in [0.2, 0.25) is 0 Å². The van der Waals surface area contributed by atoms with E-state index in [1.807, 2.05) is 12.1 Å². The highest BCUT2D eigenvalue weighted by molar-refractivity contribution is 7.17. The summed E-state index contributed by atoms with van der Waals surface area (Å²) < 4.78 is 1.25. The van der Waals surface area contributed by atoms with Crippen LogP contribution in [-0.2, 0) is 4.79 Å². The predicted molar refractivity (Wildman–Crippen MR) is 63.1 cm³/mol. The van der Waals surface area contributed by atoms with Crippen molar-refractivity contribution >= 4 is 33.5 Å². The molecule has 1 aromatic carbocycles. The third-order valence-electron chi connectivity index (χ3n) is 2.08. The standard InChI is InChI=1S/C12H10O2S/c13-12(14)3-1-2-9-4-5-11-10(8-9)6-7-15-11/h1-2,4-8H,3H2,(H,13,14). The highest BCUT2D eigenvalue weighted by Gasteiger charge is 1.95. The van der Waals surface area contributed by atoms with E-state index in [0.717, 1.165) is 5.56 Å². The van der Waals surface area contributed by atoms with Crippen molar-refractivity contribution < 1.29 is 9.90 Å². The van der Waals surface area contributed by atoms with Crippen molar-refractivity contribution in [3.8, 4) is 0 Å². The third kappa shape index (κ3) is 2.44. The zero-order valence-electron chi connectivity index (χ0n) is 8.01. The van der Waals surface area contributed by atoms with Gasteiger partial charge in [0.15, 0.2) is 0 Å². The van der Waals surface area contributed by atoms with Crippen molar-refractivity contribution in [2.45, 2.75) is 6.42 Å². The van der Waals surface area contributed by atoms with Gasteiger partial charge in [-0.1, -0.05) is 18.2 Å². The van der Waals surface area contributed by atoms with Gasteiger partial charge in [0, 0.05) is 4.70 Å². The van der Waals surface area contributed by atoms with Crippen molar-refractivity contribution in [1.29, 1.82) is 0 Å². The normalized spacial score (nSPS) is 11.2. The molecule has 0 radical (unpaired) electrons. The molecule has 1 aromatic heterocycles. The fourth-order valence-electron chi connectivity index (χ4n) is 1.38. The number of fused-ring (bicyclic) bond motifs is 1. The lowest BCUT2D eigenvalue weighted by atomic mass is 10.1. The maximum Gasteiger partial charge on any atom is 0.307 e. The summed E-state index contributed by atoms with van der Waals surface area (Å²) in [6, 6.07) is 8.18. The Morgan fingerprint density at radius 3 is 3.07 bits per heavy atom. The summed E-state index contributed by atoms with van der Waals surface area (Å²) in [6.45, 7) is 0. The molecule has 0 unspecified atom stereocenters. The lowest BCUT2D eigenvalue weighted by Crippen LogP contribution is -1.89. The largest absolute Gasteiger partial charge is 0.481 e. The number of hydrogen-bond acceptors (Lipinski definition) is 2. The van der Waals surface area contributed by atoms with Crippen molar-refractivity contribution in [3.05, 3.63) is 41.3 Å². The van der Waals surface area contributed by atoms with E-state index in [-0.39, 0.29) is 6.42 Å². The number of carboxylic acid groups (broad SMARTS) is 1. The molecule has 0 fully saturated rings. The molecule has 2 rings (SSSR count). The number of hydrogen-bond donors (Lipinski definition) is 1. The molecule has 0 saturated carbocycles. The van der Waals surface area contributed by atoms with Gasteiger partial charge in [-0.05, 0) is 34.5 Å². The fourth-order valence-corrected chi connectivity index (χ4v) is 2.16. The molecule has 3 heteroatoms. The molecule has 0 atom stereocenters. The van der Waals surface area contributed by atoms with Gasteiger partial charge in [-0.2, -0.15) is 0 Å². The summed E-state index contributed by atoms with van der Waals surface area (Å²) in [7, 11) is 0. The summed E-state index contributed by atoms with van der Waals surface area (Å²) in [5.41, 5.74) is 1.04. The van der Waals surface area contributed by atoms with Crippen molar-refractivity contribution in [2.75, 3.05) is 0 Å². The first-order valence-corrected chi connectivity index (χ1v) is 5.49. The van der Waals surface area contributed by atoms with Gasteiger partial charge in [-0.25, -0.2) is 0 Å². The Kier molecular flexibility index (Phi) is 2.83. The van der Waals surface area contributed by atoms with Gasteiger partial charge in [0.05, 0.1) is 6.42 Å². The molecular weight excluding hydrogens is 208 g/mol. The smallest absolute Gasteiger partial charge is 0.307 e. The Morgan fingerprint density at radius 1 is 1.40 bits per heavy atom. The molecule has 0 spiro atoms. The average molecular weight is 218 g/mol. The summed E-state index contributed by atoms with van der Waals surface area (Å²) in [4.78, 5) is 10.3. The van der Waals surface area contributed by atoms with Crippen LogP contribution in [0.1, 0.15) is 12.0 Å². The Hall–Kier alpha value is -1.61. The average Bonchev–Trinajstić information content (AvgIpc) is 2.64. The minimum Gasteiger partial charge on any atom is -0.481 e. The van der Waals surface area contributed by atoms with Crippen LogP contribution < -0.4 is 0 Å². The van der Waals surface area contributed by atoms with Gasteiger partial charge in [-0.15, -0.1) is 11.3 Å². The molecule has 0 aliphatic heterocycles. The van der Waals surface area contributed by atoms with E-state index in [1.165, 1.54) is 10.1 Å². The van der Waals surface area contributed by atoms with E-state index < -0.39 is 5.97 Å². The lowest BCUT2D eigenvalue weighted by Gasteiger charge is -1.93. The van der Waals surface area contributed by atoms with E-state index in [2.05, 4.69) is 23.6 Å². The number of benzene rings is 1. The van der Waals surface area contributed by atoms with Gasteiger partial charge in [-0.3, -0.25) is 4.79 Å². The molecule has 0 aliphatic carbocycles. The molecular formula is C12H10O2S. The topological polar surface area (TPSA) is 37.3 Å². The number of carboxylic acids is 1. The van der Waals surface area contributed by atoms with Gasteiger partial charge in [0.25, 0.3) is 0 Å². The number of carbonyl (C=O) groups is 1. The lowest BCUT2D eigenvalue weighted by molar-refractivity contribution is -0.135. The van der Waals surface area contributed by atoms with Crippen LogP contribution in [0.25, 0.3) is 16.2 Å². The van der Waals surface area contributed by atoms with Crippen LogP contribution in [-0.4, -0.2) is 11.1 Å². The maximum atomic E-state index is 10.3. The van der Waals surface area contributed by atoms with E-state index in [0.29, 0.717) is 0 Å². The minimum atomic E-state index is -0.803. The van der Waals surface area contributed by atoms with Crippen LogP contribution >= 0.6 is 11.3 Å². The summed E-state index contributed by atoms with van der Waals surface area (Å²) >= 11 is 1.71. The second-order valence-electron chi connectivity index (χ2n) is 3.22. The Bertz CT molecular complexity index is 511. The first-order chi connectivity index (χ1) is 7.25. The maximum absolute atomic E-state index is 10.3. The van der Waals surface area contributed by atoms with E-state index in [4.69, 9.17) is 5.11 Å². The van der Waals surface area contributed by atoms with E-state index >= 15 is 0 Å². The molecule has 0 aliphatic rings. The highest BCUT2D eigenvalue weighted by Crippen LogP contribution is 2.22. The molecule has 15 heavy (non-hydrogen) atoms.